The highest BCUT2D eigenvalue weighted by Gasteiger charge is 2.26. The molecule has 1 aromatic rings. The highest BCUT2D eigenvalue weighted by molar-refractivity contribution is 7.91. The van der Waals surface area contributed by atoms with Crippen LogP contribution in [-0.4, -0.2) is 69.3 Å². The second-order valence-corrected chi connectivity index (χ2v) is 9.20. The molecular weight excluding hydrogens is 414 g/mol. The van der Waals surface area contributed by atoms with E-state index in [4.69, 9.17) is 9.47 Å². The van der Waals surface area contributed by atoms with Crippen LogP contribution < -0.4 is 15.4 Å². The monoisotopic (exact) mass is 439 g/mol. The number of nitrogens with zero attached hydrogens (tertiary/aromatic N) is 1. The van der Waals surface area contributed by atoms with Gasteiger partial charge in [-0.2, -0.15) is 0 Å². The van der Waals surface area contributed by atoms with Crippen LogP contribution in [0.1, 0.15) is 26.2 Å². The molecule has 1 fully saturated rings. The van der Waals surface area contributed by atoms with Crippen LogP contribution in [0.3, 0.4) is 0 Å². The first-order valence-electron chi connectivity index (χ1n) is 9.79. The first-order chi connectivity index (χ1) is 14.3. The second kappa shape index (κ2) is 9.33. The molecule has 2 aliphatic heterocycles. The lowest BCUT2D eigenvalue weighted by atomic mass is 10.1. The van der Waals surface area contributed by atoms with Crippen molar-refractivity contribution < 1.29 is 32.3 Å². The van der Waals surface area contributed by atoms with Gasteiger partial charge in [0.05, 0.1) is 22.9 Å². The van der Waals surface area contributed by atoms with Gasteiger partial charge in [0.25, 0.3) is 5.91 Å². The summed E-state index contributed by atoms with van der Waals surface area (Å²) in [6.45, 7) is 2.85. The van der Waals surface area contributed by atoms with Gasteiger partial charge in [-0.15, -0.1) is 0 Å². The standard InChI is InChI=1S/C19H25N3O7S/c1-2-28-19(25)22-8-5-13(6-9-22)20-17(23)7-10-30(26,27)14-3-4-15-16(11-14)29-12-18(24)21-15/h3-4,11,13H,2,5-10,12H2,1H3,(H,20,23)(H,21,24). The largest absolute Gasteiger partial charge is 0.482 e. The van der Waals surface area contributed by atoms with E-state index in [2.05, 4.69) is 10.6 Å². The number of ether oxygens (including phenoxy) is 2. The Kier molecular flexibility index (Phi) is 6.80. The zero-order chi connectivity index (χ0) is 21.7. The molecule has 10 nitrogen and oxygen atoms in total. The summed E-state index contributed by atoms with van der Waals surface area (Å²) in [5.74, 6) is -0.711. The molecule has 1 saturated heterocycles. The summed E-state index contributed by atoms with van der Waals surface area (Å²) in [5, 5.41) is 5.43. The van der Waals surface area contributed by atoms with E-state index in [1.165, 1.54) is 18.2 Å². The molecule has 2 N–H and O–H groups in total. The van der Waals surface area contributed by atoms with Gasteiger partial charge in [0.15, 0.2) is 16.4 Å². The van der Waals surface area contributed by atoms with Crippen LogP contribution in [0.25, 0.3) is 0 Å². The summed E-state index contributed by atoms with van der Waals surface area (Å²) < 4.78 is 35.4. The minimum Gasteiger partial charge on any atom is -0.482 e. The third kappa shape index (κ3) is 5.41. The third-order valence-corrected chi connectivity index (χ3v) is 6.64. The SMILES string of the molecule is CCOC(=O)N1CCC(NC(=O)CCS(=O)(=O)c2ccc3c(c2)OCC(=O)N3)CC1. The lowest BCUT2D eigenvalue weighted by Gasteiger charge is -2.31. The van der Waals surface area contributed by atoms with Crippen LogP contribution in [0, 0.1) is 0 Å². The fraction of sp³-hybridized carbons (Fsp3) is 0.526. The Morgan fingerprint density at radius 1 is 1.30 bits per heavy atom. The number of likely N-dealkylation sites (tertiary alicyclic amines) is 1. The third-order valence-electron chi connectivity index (χ3n) is 4.93. The van der Waals surface area contributed by atoms with Gasteiger partial charge in [-0.3, -0.25) is 9.59 Å². The number of benzene rings is 1. The molecule has 3 amide bonds. The Labute approximate surface area is 174 Å². The van der Waals surface area contributed by atoms with Crippen molar-refractivity contribution in [2.45, 2.75) is 37.1 Å². The van der Waals surface area contributed by atoms with Crippen LogP contribution in [0.4, 0.5) is 10.5 Å². The Morgan fingerprint density at radius 3 is 2.73 bits per heavy atom. The molecule has 3 rings (SSSR count). The molecule has 0 aliphatic carbocycles. The molecule has 2 heterocycles. The highest BCUT2D eigenvalue weighted by Crippen LogP contribution is 2.30. The van der Waals surface area contributed by atoms with Crippen LogP contribution in [0.2, 0.25) is 0 Å². The molecule has 30 heavy (non-hydrogen) atoms. The van der Waals surface area contributed by atoms with Gasteiger partial charge >= 0.3 is 6.09 Å². The number of amides is 3. The maximum Gasteiger partial charge on any atom is 0.409 e. The van der Waals surface area contributed by atoms with Gasteiger partial charge in [0.2, 0.25) is 5.91 Å². The van der Waals surface area contributed by atoms with Crippen molar-refractivity contribution in [2.75, 3.05) is 37.4 Å². The van der Waals surface area contributed by atoms with Gasteiger partial charge in [-0.05, 0) is 31.9 Å². The lowest BCUT2D eigenvalue weighted by molar-refractivity contribution is -0.121. The van der Waals surface area contributed by atoms with Gasteiger partial charge in [-0.1, -0.05) is 0 Å². The number of carbonyl (C=O) groups is 3. The average Bonchev–Trinajstić information content (AvgIpc) is 2.72. The first kappa shape index (κ1) is 21.9. The number of hydrogen-bond acceptors (Lipinski definition) is 7. The zero-order valence-electron chi connectivity index (χ0n) is 16.7. The smallest absolute Gasteiger partial charge is 0.409 e. The summed E-state index contributed by atoms with van der Waals surface area (Å²) in [7, 11) is -3.69. The predicted octanol–water partition coefficient (Wildman–Crippen LogP) is 0.918. The number of sulfone groups is 1. The summed E-state index contributed by atoms with van der Waals surface area (Å²) in [5.41, 5.74) is 0.414. The topological polar surface area (TPSA) is 131 Å². The summed E-state index contributed by atoms with van der Waals surface area (Å²) in [6, 6.07) is 4.10. The molecule has 0 unspecified atom stereocenters. The van der Waals surface area contributed by atoms with E-state index in [0.29, 0.717) is 38.2 Å². The van der Waals surface area contributed by atoms with Crippen LogP contribution in [-0.2, 0) is 24.2 Å². The molecule has 0 bridgehead atoms. The number of anilines is 1. The second-order valence-electron chi connectivity index (χ2n) is 7.09. The lowest BCUT2D eigenvalue weighted by Crippen LogP contribution is -2.46. The molecule has 0 radical (unpaired) electrons. The van der Waals surface area contributed by atoms with E-state index in [1.807, 2.05) is 0 Å². The van der Waals surface area contributed by atoms with E-state index in [-0.39, 0.29) is 53.4 Å². The average molecular weight is 439 g/mol. The zero-order valence-corrected chi connectivity index (χ0v) is 17.5. The molecule has 164 valence electrons. The van der Waals surface area contributed by atoms with Crippen molar-refractivity contribution in [1.29, 1.82) is 0 Å². The number of hydrogen-bond donors (Lipinski definition) is 2. The fourth-order valence-corrected chi connectivity index (χ4v) is 4.57. The molecule has 2 aliphatic rings. The van der Waals surface area contributed by atoms with Gasteiger partial charge in [0, 0.05) is 31.6 Å². The Morgan fingerprint density at radius 2 is 2.03 bits per heavy atom. The molecule has 0 atom stereocenters. The van der Waals surface area contributed by atoms with Gasteiger partial charge < -0.3 is 25.0 Å². The van der Waals surface area contributed by atoms with E-state index in [0.717, 1.165) is 0 Å². The van der Waals surface area contributed by atoms with Crippen LogP contribution in [0.5, 0.6) is 5.75 Å². The molecular formula is C19H25N3O7S. The van der Waals surface area contributed by atoms with Crippen molar-refractivity contribution in [3.05, 3.63) is 18.2 Å². The van der Waals surface area contributed by atoms with Crippen molar-refractivity contribution >= 4 is 33.4 Å². The number of nitrogens with one attached hydrogen (secondary N) is 2. The minimum atomic E-state index is -3.69. The predicted molar refractivity (Wildman–Crippen MR) is 107 cm³/mol. The van der Waals surface area contributed by atoms with E-state index >= 15 is 0 Å². The molecule has 1 aromatic carbocycles. The van der Waals surface area contributed by atoms with Crippen molar-refractivity contribution in [3.63, 3.8) is 0 Å². The van der Waals surface area contributed by atoms with Crippen molar-refractivity contribution in [1.82, 2.24) is 10.2 Å². The minimum absolute atomic E-state index is 0.0351. The Hall–Kier alpha value is -2.82. The summed E-state index contributed by atoms with van der Waals surface area (Å²) >= 11 is 0. The number of rotatable bonds is 6. The highest BCUT2D eigenvalue weighted by atomic mass is 32.2. The van der Waals surface area contributed by atoms with E-state index in [9.17, 15) is 22.8 Å². The Balaban J connectivity index is 1.49. The summed E-state index contributed by atoms with van der Waals surface area (Å²) in [6.07, 6.45) is 0.646. The van der Waals surface area contributed by atoms with Crippen LogP contribution in [0.15, 0.2) is 23.1 Å². The van der Waals surface area contributed by atoms with E-state index < -0.39 is 9.84 Å². The maximum atomic E-state index is 12.6. The fourth-order valence-electron chi connectivity index (χ4n) is 3.31. The quantitative estimate of drug-likeness (QED) is 0.674. The summed E-state index contributed by atoms with van der Waals surface area (Å²) in [4.78, 5) is 36.9. The Bertz CT molecular complexity index is 924. The number of fused-ring (bicyclic) bond motifs is 1. The number of carbonyl (C=O) groups excluding carboxylic acids is 3. The van der Waals surface area contributed by atoms with E-state index in [1.54, 1.807) is 11.8 Å². The van der Waals surface area contributed by atoms with Gasteiger partial charge in [0.1, 0.15) is 5.75 Å². The molecule has 0 spiro atoms. The normalized spacial score (nSPS) is 16.8. The first-order valence-corrected chi connectivity index (χ1v) is 11.4. The van der Waals surface area contributed by atoms with Crippen molar-refractivity contribution in [2.24, 2.45) is 0 Å². The van der Waals surface area contributed by atoms with Crippen molar-refractivity contribution in [3.8, 4) is 5.75 Å². The molecule has 0 saturated carbocycles. The van der Waals surface area contributed by atoms with Gasteiger partial charge in [-0.25, -0.2) is 13.2 Å². The molecule has 11 heteroatoms. The van der Waals surface area contributed by atoms with Crippen LogP contribution >= 0.6 is 0 Å². The number of piperidine rings is 1. The maximum absolute atomic E-state index is 12.6. The molecule has 0 aromatic heterocycles.